The highest BCUT2D eigenvalue weighted by Gasteiger charge is 2.46. The van der Waals surface area contributed by atoms with Gasteiger partial charge in [0, 0.05) is 6.07 Å². The molecule has 0 fully saturated rings. The van der Waals surface area contributed by atoms with Crippen LogP contribution in [0.1, 0.15) is 5.56 Å². The Labute approximate surface area is 87.8 Å². The van der Waals surface area contributed by atoms with Gasteiger partial charge in [-0.25, -0.2) is 0 Å². The first-order valence-corrected chi connectivity index (χ1v) is 3.84. The molecular formula is C7H4N3O6. The van der Waals surface area contributed by atoms with Crippen molar-refractivity contribution in [1.29, 1.82) is 0 Å². The van der Waals surface area contributed by atoms with E-state index in [4.69, 9.17) is 0 Å². The van der Waals surface area contributed by atoms with Gasteiger partial charge in [0.25, 0.3) is 5.69 Å². The van der Waals surface area contributed by atoms with Crippen LogP contribution in [0.25, 0.3) is 0 Å². The fourth-order valence-corrected chi connectivity index (χ4v) is 1.09. The van der Waals surface area contributed by atoms with Crippen molar-refractivity contribution in [2.45, 2.75) is 0 Å². The zero-order valence-corrected chi connectivity index (χ0v) is 7.60. The minimum atomic E-state index is -1.41. The van der Waals surface area contributed by atoms with Gasteiger partial charge in [0.2, 0.25) is 5.56 Å². The number of nitrogens with zero attached hydrogens (tertiary/aromatic N) is 3. The Bertz CT molecular complexity index is 445. The first-order chi connectivity index (χ1) is 7.45. The lowest BCUT2D eigenvalue weighted by atomic mass is 10.1. The predicted octanol–water partition coefficient (Wildman–Crippen LogP) is 0.986. The third-order valence-electron chi connectivity index (χ3n) is 1.69. The number of hydrogen-bond acceptors (Lipinski definition) is 6. The van der Waals surface area contributed by atoms with Crippen LogP contribution in [0.4, 0.5) is 5.69 Å². The lowest BCUT2D eigenvalue weighted by molar-refractivity contribution is -0.661. The van der Waals surface area contributed by atoms with Crippen LogP contribution in [0.15, 0.2) is 24.3 Å². The van der Waals surface area contributed by atoms with Gasteiger partial charge in [0.15, 0.2) is 0 Å². The standard InChI is InChI=1S/C7H4N3O6/c11-8(12)6-4-2-1-3-5(6)7(9(13)14)10(15)16/h1-4H. The second kappa shape index (κ2) is 4.29. The molecule has 0 atom stereocenters. The Hall–Kier alpha value is -2.58. The summed E-state index contributed by atoms with van der Waals surface area (Å²) in [6, 6.07) is 4.43. The molecule has 1 rings (SSSR count). The molecule has 0 aromatic heterocycles. The smallest absolute Gasteiger partial charge is 0.258 e. The van der Waals surface area contributed by atoms with Crippen LogP contribution in [-0.4, -0.2) is 14.8 Å². The normalized spacial score (nSPS) is 10.1. The van der Waals surface area contributed by atoms with Gasteiger partial charge in [0.05, 0.1) is 4.92 Å². The van der Waals surface area contributed by atoms with E-state index in [2.05, 4.69) is 0 Å². The summed E-state index contributed by atoms with van der Waals surface area (Å²) in [5.74, 6) is 0. The Kier molecular flexibility index (Phi) is 3.09. The molecule has 0 saturated heterocycles. The highest BCUT2D eigenvalue weighted by atomic mass is 16.7. The van der Waals surface area contributed by atoms with Crippen molar-refractivity contribution in [1.82, 2.24) is 0 Å². The second-order valence-corrected chi connectivity index (χ2v) is 2.61. The van der Waals surface area contributed by atoms with Crippen molar-refractivity contribution >= 4 is 5.69 Å². The largest absolute Gasteiger partial charge is 0.633 e. The summed E-state index contributed by atoms with van der Waals surface area (Å²) in [4.78, 5) is 27.9. The minimum absolute atomic E-state index is 0.623. The highest BCUT2D eigenvalue weighted by Crippen LogP contribution is 2.26. The van der Waals surface area contributed by atoms with Gasteiger partial charge in [0.1, 0.15) is 9.85 Å². The van der Waals surface area contributed by atoms with Gasteiger partial charge in [-0.3, -0.25) is 30.3 Å². The summed E-state index contributed by atoms with van der Waals surface area (Å²) in [7, 11) is 0. The van der Waals surface area contributed by atoms with Gasteiger partial charge in [-0.05, 0) is 6.07 Å². The second-order valence-electron chi connectivity index (χ2n) is 2.61. The minimum Gasteiger partial charge on any atom is -0.258 e. The molecule has 16 heavy (non-hydrogen) atoms. The molecule has 1 radical (unpaired) electrons. The third-order valence-corrected chi connectivity index (χ3v) is 1.69. The van der Waals surface area contributed by atoms with Gasteiger partial charge in [-0.1, -0.05) is 12.1 Å². The zero-order chi connectivity index (χ0) is 12.3. The van der Waals surface area contributed by atoms with E-state index >= 15 is 0 Å². The summed E-state index contributed by atoms with van der Waals surface area (Å²) >= 11 is 0. The van der Waals surface area contributed by atoms with E-state index in [0.717, 1.165) is 12.1 Å². The van der Waals surface area contributed by atoms with E-state index in [1.54, 1.807) is 0 Å². The molecule has 1 aromatic rings. The summed E-state index contributed by atoms with van der Waals surface area (Å²) in [5.41, 5.74) is -1.30. The number of nitro benzene ring substituents is 1. The van der Waals surface area contributed by atoms with Crippen LogP contribution in [-0.2, 0) is 0 Å². The first kappa shape index (κ1) is 11.5. The topological polar surface area (TPSA) is 129 Å². The molecule has 0 N–H and O–H groups in total. The van der Waals surface area contributed by atoms with Crippen LogP contribution in [0.5, 0.6) is 0 Å². The number of benzene rings is 1. The van der Waals surface area contributed by atoms with E-state index in [1.165, 1.54) is 12.1 Å². The molecule has 0 amide bonds. The quantitative estimate of drug-likeness (QED) is 0.555. The Morgan fingerprint density at radius 3 is 1.88 bits per heavy atom. The molecule has 0 aliphatic carbocycles. The molecule has 0 unspecified atom stereocenters. The van der Waals surface area contributed by atoms with E-state index < -0.39 is 32.2 Å². The number of rotatable bonds is 4. The fourth-order valence-electron chi connectivity index (χ4n) is 1.09. The molecule has 0 saturated carbocycles. The van der Waals surface area contributed by atoms with Crippen LogP contribution < -0.4 is 0 Å². The SMILES string of the molecule is O=[N+]([O-])[C](c1ccccc1[N+](=O)[O-])[N+](=O)[O-]. The average molecular weight is 226 g/mol. The molecule has 9 nitrogen and oxygen atoms in total. The molecule has 9 heteroatoms. The van der Waals surface area contributed by atoms with E-state index in [0.29, 0.717) is 0 Å². The molecule has 0 bridgehead atoms. The molecule has 0 heterocycles. The van der Waals surface area contributed by atoms with E-state index in [9.17, 15) is 30.3 Å². The van der Waals surface area contributed by atoms with Gasteiger partial charge in [-0.15, -0.1) is 0 Å². The first-order valence-electron chi connectivity index (χ1n) is 3.84. The monoisotopic (exact) mass is 226 g/mol. The van der Waals surface area contributed by atoms with Crippen molar-refractivity contribution in [3.05, 3.63) is 66.3 Å². The van der Waals surface area contributed by atoms with Gasteiger partial charge < -0.3 is 0 Å². The summed E-state index contributed by atoms with van der Waals surface area (Å²) in [6.07, 6.45) is -1.41. The van der Waals surface area contributed by atoms with E-state index in [1.807, 2.05) is 0 Å². The van der Waals surface area contributed by atoms with Gasteiger partial charge >= 0.3 is 6.17 Å². The van der Waals surface area contributed by atoms with Crippen molar-refractivity contribution in [3.63, 3.8) is 0 Å². The van der Waals surface area contributed by atoms with Crippen molar-refractivity contribution in [2.75, 3.05) is 0 Å². The predicted molar refractivity (Wildman–Crippen MR) is 49.4 cm³/mol. The molecule has 0 aliphatic heterocycles. The number of para-hydroxylation sites is 1. The summed E-state index contributed by atoms with van der Waals surface area (Å²) < 4.78 is 0. The molecule has 0 spiro atoms. The third kappa shape index (κ3) is 2.08. The maximum atomic E-state index is 10.5. The Morgan fingerprint density at radius 2 is 1.44 bits per heavy atom. The fraction of sp³-hybridized carbons (Fsp3) is 0. The number of nitro groups is 3. The lowest BCUT2D eigenvalue weighted by Crippen LogP contribution is -2.21. The Morgan fingerprint density at radius 1 is 0.938 bits per heavy atom. The molecule has 83 valence electrons. The summed E-state index contributed by atoms with van der Waals surface area (Å²) in [6.45, 7) is 0. The highest BCUT2D eigenvalue weighted by molar-refractivity contribution is 5.44. The summed E-state index contributed by atoms with van der Waals surface area (Å²) in [5, 5.41) is 31.4. The number of hydrogen-bond donors (Lipinski definition) is 0. The average Bonchev–Trinajstić information content (AvgIpc) is 2.17. The van der Waals surface area contributed by atoms with E-state index in [-0.39, 0.29) is 0 Å². The zero-order valence-electron chi connectivity index (χ0n) is 7.60. The maximum absolute atomic E-state index is 10.5. The molecular weight excluding hydrogens is 222 g/mol. The lowest BCUT2D eigenvalue weighted by Gasteiger charge is -1.98. The van der Waals surface area contributed by atoms with Crippen LogP contribution in [0.3, 0.4) is 0 Å². The molecule has 1 aromatic carbocycles. The van der Waals surface area contributed by atoms with Crippen molar-refractivity contribution in [2.24, 2.45) is 0 Å². The van der Waals surface area contributed by atoms with Crippen LogP contribution in [0, 0.1) is 36.5 Å². The van der Waals surface area contributed by atoms with Crippen molar-refractivity contribution in [3.8, 4) is 0 Å². The Balaban J connectivity index is 3.35. The maximum Gasteiger partial charge on any atom is 0.633 e. The molecule has 0 aliphatic rings. The van der Waals surface area contributed by atoms with Crippen molar-refractivity contribution < 1.29 is 14.8 Å². The van der Waals surface area contributed by atoms with Crippen LogP contribution >= 0.6 is 0 Å². The van der Waals surface area contributed by atoms with Gasteiger partial charge in [-0.2, -0.15) is 0 Å². The van der Waals surface area contributed by atoms with Crippen LogP contribution in [0.2, 0.25) is 0 Å².